The predicted octanol–water partition coefficient (Wildman–Crippen LogP) is 7.15. The molecule has 0 unspecified atom stereocenters. The molecule has 1 heteroatoms. The van der Waals surface area contributed by atoms with Gasteiger partial charge in [-0.15, -0.1) is 0 Å². The Labute approximate surface area is 163 Å². The van der Waals surface area contributed by atoms with Crippen LogP contribution in [0.3, 0.4) is 0 Å². The molecule has 138 valence electrons. The van der Waals surface area contributed by atoms with Crippen LogP contribution in [0, 0.1) is 20.8 Å². The molecule has 0 aliphatic carbocycles. The van der Waals surface area contributed by atoms with Gasteiger partial charge in [0.1, 0.15) is 5.75 Å². The maximum atomic E-state index is 4.97. The topological polar surface area (TPSA) is 9.23 Å². The first kappa shape index (κ1) is 20.3. The van der Waals surface area contributed by atoms with E-state index in [9.17, 15) is 0 Å². The summed E-state index contributed by atoms with van der Waals surface area (Å²) in [6, 6.07) is 33.1. The molecule has 0 aliphatic heterocycles. The van der Waals surface area contributed by atoms with E-state index in [0.29, 0.717) is 0 Å². The highest BCUT2D eigenvalue weighted by Crippen LogP contribution is 2.14. The minimum Gasteiger partial charge on any atom is -0.497 e. The molecule has 0 heterocycles. The van der Waals surface area contributed by atoms with Gasteiger partial charge in [0.15, 0.2) is 0 Å². The van der Waals surface area contributed by atoms with Crippen molar-refractivity contribution in [3.05, 3.63) is 114 Å². The SMILES string of the molecule is COc1ccc(C)cc1.Cc1ccc2ccccc2c1.Cc1ccccc1. The van der Waals surface area contributed by atoms with E-state index in [4.69, 9.17) is 4.74 Å². The van der Waals surface area contributed by atoms with Crippen LogP contribution < -0.4 is 4.74 Å². The van der Waals surface area contributed by atoms with Gasteiger partial charge >= 0.3 is 0 Å². The van der Waals surface area contributed by atoms with Gasteiger partial charge < -0.3 is 4.74 Å². The zero-order valence-corrected chi connectivity index (χ0v) is 16.6. The molecular weight excluding hydrogens is 328 g/mol. The lowest BCUT2D eigenvalue weighted by Gasteiger charge is -1.97. The largest absolute Gasteiger partial charge is 0.497 e. The monoisotopic (exact) mass is 356 g/mol. The first-order valence-electron chi connectivity index (χ1n) is 9.16. The summed E-state index contributed by atoms with van der Waals surface area (Å²) in [7, 11) is 1.67. The van der Waals surface area contributed by atoms with E-state index in [1.54, 1.807) is 7.11 Å². The average molecular weight is 357 g/mol. The first-order chi connectivity index (χ1) is 13.1. The third kappa shape index (κ3) is 7.37. The van der Waals surface area contributed by atoms with Crippen molar-refractivity contribution in [3.63, 3.8) is 0 Å². The van der Waals surface area contributed by atoms with Crippen molar-refractivity contribution in [2.45, 2.75) is 20.8 Å². The van der Waals surface area contributed by atoms with Crippen molar-refractivity contribution < 1.29 is 4.74 Å². The zero-order valence-electron chi connectivity index (χ0n) is 16.6. The number of hydrogen-bond donors (Lipinski definition) is 0. The van der Waals surface area contributed by atoms with Gasteiger partial charge in [0.2, 0.25) is 0 Å². The van der Waals surface area contributed by atoms with Gasteiger partial charge in [-0.2, -0.15) is 0 Å². The van der Waals surface area contributed by atoms with Crippen molar-refractivity contribution in [2.24, 2.45) is 0 Å². The number of methoxy groups -OCH3 is 1. The van der Waals surface area contributed by atoms with Crippen LogP contribution in [0.4, 0.5) is 0 Å². The molecule has 0 bridgehead atoms. The smallest absolute Gasteiger partial charge is 0.118 e. The highest BCUT2D eigenvalue weighted by molar-refractivity contribution is 5.82. The summed E-state index contributed by atoms with van der Waals surface area (Å²) in [6.45, 7) is 6.26. The maximum absolute atomic E-state index is 4.97. The Kier molecular flexibility index (Phi) is 8.12. The van der Waals surface area contributed by atoms with Gasteiger partial charge in [0.25, 0.3) is 0 Å². The van der Waals surface area contributed by atoms with Crippen molar-refractivity contribution in [3.8, 4) is 5.75 Å². The van der Waals surface area contributed by atoms with E-state index in [-0.39, 0.29) is 0 Å². The van der Waals surface area contributed by atoms with Crippen molar-refractivity contribution in [1.29, 1.82) is 0 Å². The summed E-state index contributed by atoms with van der Waals surface area (Å²) in [5.74, 6) is 0.917. The van der Waals surface area contributed by atoms with E-state index in [1.807, 2.05) is 42.5 Å². The summed E-state index contributed by atoms with van der Waals surface area (Å²) in [4.78, 5) is 0. The van der Waals surface area contributed by atoms with Gasteiger partial charge in [0, 0.05) is 0 Å². The van der Waals surface area contributed by atoms with Crippen molar-refractivity contribution in [2.75, 3.05) is 7.11 Å². The number of benzene rings is 4. The molecule has 0 radical (unpaired) electrons. The average Bonchev–Trinajstić information content (AvgIpc) is 2.70. The first-order valence-corrected chi connectivity index (χ1v) is 9.16. The fourth-order valence-electron chi connectivity index (χ4n) is 2.52. The Hall–Kier alpha value is -3.06. The van der Waals surface area contributed by atoms with E-state index in [2.05, 4.69) is 75.4 Å². The molecule has 4 rings (SSSR count). The van der Waals surface area contributed by atoms with E-state index in [0.717, 1.165) is 5.75 Å². The minimum atomic E-state index is 0.917. The molecular formula is C26H28O. The molecule has 27 heavy (non-hydrogen) atoms. The summed E-state index contributed by atoms with van der Waals surface area (Å²) in [5.41, 5.74) is 3.90. The lowest BCUT2D eigenvalue weighted by Crippen LogP contribution is -1.80. The minimum absolute atomic E-state index is 0.917. The molecule has 4 aromatic rings. The fourth-order valence-corrected chi connectivity index (χ4v) is 2.52. The number of hydrogen-bond acceptors (Lipinski definition) is 1. The van der Waals surface area contributed by atoms with Crippen LogP contribution >= 0.6 is 0 Å². The molecule has 0 amide bonds. The second-order valence-corrected chi connectivity index (χ2v) is 6.52. The van der Waals surface area contributed by atoms with Crippen LogP contribution in [0.1, 0.15) is 16.7 Å². The third-order valence-corrected chi connectivity index (χ3v) is 4.10. The Balaban J connectivity index is 0.000000149. The molecule has 0 saturated heterocycles. The van der Waals surface area contributed by atoms with E-state index in [1.165, 1.54) is 27.5 Å². The highest BCUT2D eigenvalue weighted by Gasteiger charge is 1.89. The van der Waals surface area contributed by atoms with Gasteiger partial charge in [-0.1, -0.05) is 102 Å². The van der Waals surface area contributed by atoms with Gasteiger partial charge in [-0.25, -0.2) is 0 Å². The van der Waals surface area contributed by atoms with Crippen LogP contribution in [0.15, 0.2) is 97.1 Å². The van der Waals surface area contributed by atoms with E-state index < -0.39 is 0 Å². The number of aryl methyl sites for hydroxylation is 3. The molecule has 0 N–H and O–H groups in total. The quantitative estimate of drug-likeness (QED) is 0.352. The standard InChI is InChI=1S/C11H10.C8H10O.C7H8/c1-9-6-7-10-4-2-3-5-11(10)8-9;1-7-3-5-8(9-2)6-4-7;1-7-5-3-2-4-6-7/h2-8H,1H3;3-6H,1-2H3;2-6H,1H3. The molecule has 0 aliphatic rings. The molecule has 0 spiro atoms. The molecule has 0 saturated carbocycles. The fraction of sp³-hybridized carbons (Fsp3) is 0.154. The zero-order chi connectivity index (χ0) is 19.5. The third-order valence-electron chi connectivity index (χ3n) is 4.10. The Morgan fingerprint density at radius 1 is 0.481 bits per heavy atom. The summed E-state index contributed by atoms with van der Waals surface area (Å²) in [5, 5.41) is 2.64. The normalized spacial score (nSPS) is 9.48. The summed E-state index contributed by atoms with van der Waals surface area (Å²) >= 11 is 0. The lowest BCUT2D eigenvalue weighted by molar-refractivity contribution is 0.414. The number of fused-ring (bicyclic) bond motifs is 1. The Morgan fingerprint density at radius 2 is 1.00 bits per heavy atom. The van der Waals surface area contributed by atoms with Crippen LogP contribution in [0.25, 0.3) is 10.8 Å². The van der Waals surface area contributed by atoms with Gasteiger partial charge in [-0.3, -0.25) is 0 Å². The van der Waals surface area contributed by atoms with E-state index >= 15 is 0 Å². The molecule has 0 aromatic heterocycles. The van der Waals surface area contributed by atoms with Crippen LogP contribution in [0.2, 0.25) is 0 Å². The maximum Gasteiger partial charge on any atom is 0.118 e. The lowest BCUT2D eigenvalue weighted by atomic mass is 10.1. The Bertz CT molecular complexity index is 925. The predicted molar refractivity (Wildman–Crippen MR) is 118 cm³/mol. The van der Waals surface area contributed by atoms with Crippen LogP contribution in [0.5, 0.6) is 5.75 Å². The Morgan fingerprint density at radius 3 is 1.56 bits per heavy atom. The molecule has 0 fully saturated rings. The number of ether oxygens (including phenoxy) is 1. The van der Waals surface area contributed by atoms with Crippen molar-refractivity contribution >= 4 is 10.8 Å². The number of rotatable bonds is 1. The van der Waals surface area contributed by atoms with Crippen LogP contribution in [-0.4, -0.2) is 7.11 Å². The second kappa shape index (κ2) is 10.8. The van der Waals surface area contributed by atoms with Crippen molar-refractivity contribution in [1.82, 2.24) is 0 Å². The summed E-state index contributed by atoms with van der Waals surface area (Å²) < 4.78 is 4.97. The van der Waals surface area contributed by atoms with Gasteiger partial charge in [0.05, 0.1) is 7.11 Å². The molecule has 0 atom stereocenters. The molecule has 4 aromatic carbocycles. The second-order valence-electron chi connectivity index (χ2n) is 6.52. The van der Waals surface area contributed by atoms with Gasteiger partial charge in [-0.05, 0) is 43.7 Å². The summed E-state index contributed by atoms with van der Waals surface area (Å²) in [6.07, 6.45) is 0. The highest BCUT2D eigenvalue weighted by atomic mass is 16.5. The molecule has 1 nitrogen and oxygen atoms in total. The van der Waals surface area contributed by atoms with Crippen LogP contribution in [-0.2, 0) is 0 Å².